The Morgan fingerprint density at radius 3 is 2.46 bits per heavy atom. The Kier molecular flexibility index (Phi) is 7.50. The van der Waals surface area contributed by atoms with Gasteiger partial charge in [0.2, 0.25) is 11.8 Å². The molecule has 3 heterocycles. The first-order valence-electron chi connectivity index (χ1n) is 12.2. The number of anilines is 5. The van der Waals surface area contributed by atoms with Crippen molar-refractivity contribution in [2.45, 2.75) is 13.8 Å². The topological polar surface area (TPSA) is 119 Å². The molecule has 3 N–H and O–H groups in total. The minimum Gasteiger partial charge on any atom is -0.481 e. The van der Waals surface area contributed by atoms with Gasteiger partial charge in [0.1, 0.15) is 23.8 Å². The van der Waals surface area contributed by atoms with Crippen LogP contribution in [0, 0.1) is 31.3 Å². The molecule has 0 aliphatic carbocycles. The van der Waals surface area contributed by atoms with E-state index in [1.807, 2.05) is 6.92 Å². The number of aromatic nitrogens is 5. The van der Waals surface area contributed by atoms with Gasteiger partial charge in [0.15, 0.2) is 11.6 Å². The predicted octanol–water partition coefficient (Wildman–Crippen LogP) is 5.84. The van der Waals surface area contributed by atoms with Gasteiger partial charge in [-0.25, -0.2) is 33.1 Å². The average Bonchev–Trinajstić information content (AvgIpc) is 3.44. The van der Waals surface area contributed by atoms with Gasteiger partial charge in [0, 0.05) is 41.5 Å². The summed E-state index contributed by atoms with van der Waals surface area (Å²) in [4.78, 5) is 29.8. The van der Waals surface area contributed by atoms with Crippen molar-refractivity contribution in [3.8, 4) is 11.7 Å². The lowest BCUT2D eigenvalue weighted by molar-refractivity contribution is 0.102. The van der Waals surface area contributed by atoms with Gasteiger partial charge < -0.3 is 20.7 Å². The normalized spacial score (nSPS) is 10.8. The van der Waals surface area contributed by atoms with Crippen molar-refractivity contribution in [2.24, 2.45) is 0 Å². The summed E-state index contributed by atoms with van der Waals surface area (Å²) in [6.45, 7) is 2.91. The number of ether oxygens (including phenoxy) is 1. The van der Waals surface area contributed by atoms with Crippen LogP contribution in [-0.4, -0.2) is 37.5 Å². The molecule has 0 saturated carbocycles. The maximum Gasteiger partial charge on any atom is 0.258 e. The molecule has 0 saturated heterocycles. The number of carbonyl (C=O) groups is 1. The smallest absolute Gasteiger partial charge is 0.258 e. The molecule has 0 bridgehead atoms. The van der Waals surface area contributed by atoms with E-state index in [0.29, 0.717) is 46.6 Å². The van der Waals surface area contributed by atoms with Crippen LogP contribution in [0.3, 0.4) is 0 Å². The van der Waals surface area contributed by atoms with Crippen LogP contribution in [0.2, 0.25) is 0 Å². The molecule has 13 heteroatoms. The zero-order valence-electron chi connectivity index (χ0n) is 22.0. The first kappa shape index (κ1) is 27.1. The number of hydrogen-bond acceptors (Lipinski definition) is 8. The molecular formula is C28H23F3N8O2. The fourth-order valence-corrected chi connectivity index (χ4v) is 3.90. The van der Waals surface area contributed by atoms with Gasteiger partial charge in [-0.15, -0.1) is 0 Å². The van der Waals surface area contributed by atoms with Crippen molar-refractivity contribution < 1.29 is 22.7 Å². The van der Waals surface area contributed by atoms with Crippen molar-refractivity contribution in [3.63, 3.8) is 0 Å². The van der Waals surface area contributed by atoms with E-state index < -0.39 is 34.5 Å². The third-order valence-corrected chi connectivity index (χ3v) is 6.12. The minimum atomic E-state index is -1.33. The summed E-state index contributed by atoms with van der Waals surface area (Å²) in [5, 5.41) is 8.89. The molecule has 5 rings (SSSR count). The highest BCUT2D eigenvalue weighted by Gasteiger charge is 2.21. The number of aryl methyl sites for hydroxylation is 1. The molecule has 10 nitrogen and oxygen atoms in total. The minimum absolute atomic E-state index is 0.296. The zero-order chi connectivity index (χ0) is 29.1. The van der Waals surface area contributed by atoms with E-state index in [9.17, 15) is 18.0 Å². The van der Waals surface area contributed by atoms with Crippen LogP contribution in [0.25, 0.3) is 5.82 Å². The number of imidazole rings is 1. The Morgan fingerprint density at radius 1 is 0.902 bits per heavy atom. The second-order valence-corrected chi connectivity index (χ2v) is 8.86. The molecule has 1 amide bonds. The molecule has 41 heavy (non-hydrogen) atoms. The number of benzene rings is 2. The maximum absolute atomic E-state index is 14.5. The Balaban J connectivity index is 1.36. The van der Waals surface area contributed by atoms with Crippen molar-refractivity contribution in [3.05, 3.63) is 102 Å². The standard InChI is InChI=1S/C28H23F3N8O2/c1-15-4-5-17(37-27(40)19-11-20(29)26(31)16(2)25(19)30)10-21(15)38-28-32-8-9-39(28)23-12-22(34-14-35-23)36-18-6-7-24(41-3)33-13-18/h4-14H,1-3H3,(H,32,38)(H,37,40)(H,34,35,36). The van der Waals surface area contributed by atoms with Gasteiger partial charge in [-0.1, -0.05) is 6.07 Å². The second-order valence-electron chi connectivity index (χ2n) is 8.86. The van der Waals surface area contributed by atoms with E-state index in [0.717, 1.165) is 12.5 Å². The molecule has 0 atom stereocenters. The van der Waals surface area contributed by atoms with E-state index in [-0.39, 0.29) is 0 Å². The predicted molar refractivity (Wildman–Crippen MR) is 147 cm³/mol. The van der Waals surface area contributed by atoms with Crippen LogP contribution < -0.4 is 20.7 Å². The average molecular weight is 561 g/mol. The van der Waals surface area contributed by atoms with Crippen molar-refractivity contribution >= 4 is 34.7 Å². The summed E-state index contributed by atoms with van der Waals surface area (Å²) in [7, 11) is 1.54. The molecule has 2 aromatic carbocycles. The molecule has 5 aromatic rings. The molecule has 0 unspecified atom stereocenters. The Bertz CT molecular complexity index is 1740. The summed E-state index contributed by atoms with van der Waals surface area (Å²) in [6.07, 6.45) is 6.30. The van der Waals surface area contributed by atoms with Crippen LogP contribution in [0.4, 0.5) is 42.0 Å². The molecular weight excluding hydrogens is 537 g/mol. The summed E-state index contributed by atoms with van der Waals surface area (Å²) in [5.41, 5.74) is 1.21. The quantitative estimate of drug-likeness (QED) is 0.203. The number of methoxy groups -OCH3 is 1. The van der Waals surface area contributed by atoms with Crippen LogP contribution in [0.5, 0.6) is 5.88 Å². The number of hydrogen-bond donors (Lipinski definition) is 3. The number of nitrogens with one attached hydrogen (secondary N) is 3. The number of carbonyl (C=O) groups excluding carboxylic acids is 1. The summed E-state index contributed by atoms with van der Waals surface area (Å²) >= 11 is 0. The lowest BCUT2D eigenvalue weighted by Gasteiger charge is -2.14. The van der Waals surface area contributed by atoms with Gasteiger partial charge in [0.25, 0.3) is 5.91 Å². The van der Waals surface area contributed by atoms with E-state index in [2.05, 4.69) is 35.9 Å². The largest absolute Gasteiger partial charge is 0.481 e. The van der Waals surface area contributed by atoms with Crippen molar-refractivity contribution in [1.82, 2.24) is 24.5 Å². The van der Waals surface area contributed by atoms with E-state index in [1.54, 1.807) is 59.6 Å². The summed E-state index contributed by atoms with van der Waals surface area (Å²) < 4.78 is 48.7. The lowest BCUT2D eigenvalue weighted by atomic mass is 10.1. The molecule has 0 aliphatic heterocycles. The van der Waals surface area contributed by atoms with Crippen LogP contribution in [0.1, 0.15) is 21.5 Å². The Morgan fingerprint density at radius 2 is 1.71 bits per heavy atom. The third-order valence-electron chi connectivity index (χ3n) is 6.12. The van der Waals surface area contributed by atoms with E-state index in [4.69, 9.17) is 4.74 Å². The van der Waals surface area contributed by atoms with Gasteiger partial charge in [-0.3, -0.25) is 9.36 Å². The number of nitrogens with zero attached hydrogens (tertiary/aromatic N) is 5. The van der Waals surface area contributed by atoms with Gasteiger partial charge in [-0.05, 0) is 43.7 Å². The van der Waals surface area contributed by atoms with E-state index >= 15 is 0 Å². The number of rotatable bonds is 8. The monoisotopic (exact) mass is 560 g/mol. The molecule has 3 aromatic heterocycles. The fourth-order valence-electron chi connectivity index (χ4n) is 3.90. The van der Waals surface area contributed by atoms with Gasteiger partial charge >= 0.3 is 0 Å². The molecule has 0 radical (unpaired) electrons. The highest BCUT2D eigenvalue weighted by Crippen LogP contribution is 2.27. The summed E-state index contributed by atoms with van der Waals surface area (Å²) in [6, 6.07) is 10.7. The Hall–Kier alpha value is -5.46. The second kappa shape index (κ2) is 11.3. The van der Waals surface area contributed by atoms with Gasteiger partial charge in [0.05, 0.1) is 24.6 Å². The first-order valence-corrected chi connectivity index (χ1v) is 12.2. The van der Waals surface area contributed by atoms with Gasteiger partial charge in [-0.2, -0.15) is 0 Å². The Labute approximate surface area is 232 Å². The SMILES string of the molecule is COc1ccc(Nc2cc(-n3ccnc3Nc3cc(NC(=O)c4cc(F)c(F)c(C)c4F)ccc3C)ncn2)cn1. The molecule has 0 spiro atoms. The maximum atomic E-state index is 14.5. The molecule has 0 aliphatic rings. The van der Waals surface area contributed by atoms with Crippen LogP contribution in [-0.2, 0) is 0 Å². The first-order chi connectivity index (χ1) is 19.7. The lowest BCUT2D eigenvalue weighted by Crippen LogP contribution is -2.16. The van der Waals surface area contributed by atoms with Crippen molar-refractivity contribution in [1.29, 1.82) is 0 Å². The summed E-state index contributed by atoms with van der Waals surface area (Å²) in [5.74, 6) is -2.77. The number of amides is 1. The molecule has 0 fully saturated rings. The fraction of sp³-hybridized carbons (Fsp3) is 0.107. The van der Waals surface area contributed by atoms with E-state index in [1.165, 1.54) is 13.4 Å². The third kappa shape index (κ3) is 5.78. The van der Waals surface area contributed by atoms with Crippen LogP contribution in [0.15, 0.2) is 67.4 Å². The number of pyridine rings is 1. The highest BCUT2D eigenvalue weighted by molar-refractivity contribution is 6.05. The zero-order valence-corrected chi connectivity index (χ0v) is 22.0. The van der Waals surface area contributed by atoms with Crippen molar-refractivity contribution in [2.75, 3.05) is 23.1 Å². The molecule has 208 valence electrons. The van der Waals surface area contributed by atoms with Crippen LogP contribution >= 0.6 is 0 Å². The number of halogens is 3. The highest BCUT2D eigenvalue weighted by atomic mass is 19.2.